The first-order valence-electron chi connectivity index (χ1n) is 5.48. The van der Waals surface area contributed by atoms with E-state index in [0.717, 1.165) is 11.3 Å². The van der Waals surface area contributed by atoms with Gasteiger partial charge >= 0.3 is 0 Å². The third kappa shape index (κ3) is 4.15. The largest absolute Gasteiger partial charge is 0.382 e. The molecule has 0 aliphatic rings. The molecular formula is C13H20N2. The number of hydrogen-bond donors (Lipinski definition) is 1. The van der Waals surface area contributed by atoms with Crippen LogP contribution in [0, 0.1) is 0 Å². The van der Waals surface area contributed by atoms with E-state index in [2.05, 4.69) is 50.1 Å². The van der Waals surface area contributed by atoms with E-state index in [1.165, 1.54) is 0 Å². The molecule has 0 amide bonds. The SMILES string of the molecule is CC(C)N=Cc1ccccc1NC(C)C. The van der Waals surface area contributed by atoms with E-state index in [1.54, 1.807) is 0 Å². The van der Waals surface area contributed by atoms with Crippen LogP contribution in [0.15, 0.2) is 29.3 Å². The normalized spacial score (nSPS) is 11.6. The molecule has 82 valence electrons. The summed E-state index contributed by atoms with van der Waals surface area (Å²) in [5.74, 6) is 0. The molecule has 0 aliphatic carbocycles. The molecule has 1 aromatic rings. The molecule has 15 heavy (non-hydrogen) atoms. The van der Waals surface area contributed by atoms with Gasteiger partial charge in [-0.15, -0.1) is 0 Å². The van der Waals surface area contributed by atoms with Crippen LogP contribution in [-0.2, 0) is 0 Å². The lowest BCUT2D eigenvalue weighted by Crippen LogP contribution is -2.11. The quantitative estimate of drug-likeness (QED) is 0.747. The Morgan fingerprint density at radius 1 is 1.13 bits per heavy atom. The number of nitrogens with zero attached hydrogens (tertiary/aromatic N) is 1. The first-order valence-corrected chi connectivity index (χ1v) is 5.48. The monoisotopic (exact) mass is 204 g/mol. The number of anilines is 1. The van der Waals surface area contributed by atoms with E-state index >= 15 is 0 Å². The van der Waals surface area contributed by atoms with Crippen molar-refractivity contribution in [2.45, 2.75) is 39.8 Å². The standard InChI is InChI=1S/C13H20N2/c1-10(2)14-9-12-7-5-6-8-13(12)15-11(3)4/h5-11,15H,1-4H3. The smallest absolute Gasteiger partial charge is 0.0443 e. The lowest BCUT2D eigenvalue weighted by Gasteiger charge is -2.12. The summed E-state index contributed by atoms with van der Waals surface area (Å²) in [5, 5.41) is 3.41. The van der Waals surface area contributed by atoms with Crippen molar-refractivity contribution in [1.29, 1.82) is 0 Å². The van der Waals surface area contributed by atoms with E-state index in [0.29, 0.717) is 12.1 Å². The maximum Gasteiger partial charge on any atom is 0.0443 e. The molecular weight excluding hydrogens is 184 g/mol. The number of hydrogen-bond acceptors (Lipinski definition) is 2. The van der Waals surface area contributed by atoms with Gasteiger partial charge < -0.3 is 5.32 Å². The summed E-state index contributed by atoms with van der Waals surface area (Å²) in [4.78, 5) is 4.40. The summed E-state index contributed by atoms with van der Waals surface area (Å²) in [6, 6.07) is 9.03. The van der Waals surface area contributed by atoms with E-state index in [-0.39, 0.29) is 0 Å². The van der Waals surface area contributed by atoms with Gasteiger partial charge in [0.05, 0.1) is 0 Å². The first-order chi connectivity index (χ1) is 7.09. The van der Waals surface area contributed by atoms with Gasteiger partial charge in [0.15, 0.2) is 0 Å². The van der Waals surface area contributed by atoms with Crippen LogP contribution in [0.3, 0.4) is 0 Å². The van der Waals surface area contributed by atoms with Crippen LogP contribution in [-0.4, -0.2) is 18.3 Å². The summed E-state index contributed by atoms with van der Waals surface area (Å²) in [7, 11) is 0. The average molecular weight is 204 g/mol. The predicted molar refractivity (Wildman–Crippen MR) is 67.9 cm³/mol. The molecule has 0 atom stereocenters. The zero-order valence-corrected chi connectivity index (χ0v) is 9.99. The molecule has 0 bridgehead atoms. The third-order valence-corrected chi connectivity index (χ3v) is 1.92. The fourth-order valence-corrected chi connectivity index (χ4v) is 1.28. The Balaban J connectivity index is 2.86. The molecule has 0 heterocycles. The molecule has 0 saturated heterocycles. The molecule has 0 aromatic heterocycles. The topological polar surface area (TPSA) is 24.4 Å². The van der Waals surface area contributed by atoms with Gasteiger partial charge in [-0.05, 0) is 33.8 Å². The molecule has 2 heteroatoms. The molecule has 0 radical (unpaired) electrons. The van der Waals surface area contributed by atoms with Crippen molar-refractivity contribution in [3.63, 3.8) is 0 Å². The Morgan fingerprint density at radius 3 is 2.40 bits per heavy atom. The molecule has 1 rings (SSSR count). The second-order valence-corrected chi connectivity index (χ2v) is 4.26. The first kappa shape index (κ1) is 11.8. The molecule has 0 fully saturated rings. The minimum Gasteiger partial charge on any atom is -0.382 e. The summed E-state index contributed by atoms with van der Waals surface area (Å²) in [5.41, 5.74) is 2.30. The van der Waals surface area contributed by atoms with Crippen LogP contribution in [0.4, 0.5) is 5.69 Å². The van der Waals surface area contributed by atoms with Crippen LogP contribution >= 0.6 is 0 Å². The number of nitrogens with one attached hydrogen (secondary N) is 1. The van der Waals surface area contributed by atoms with Gasteiger partial charge in [0, 0.05) is 29.5 Å². The van der Waals surface area contributed by atoms with E-state index in [4.69, 9.17) is 0 Å². The maximum absolute atomic E-state index is 4.40. The molecule has 1 aromatic carbocycles. The minimum atomic E-state index is 0.345. The van der Waals surface area contributed by atoms with Crippen molar-refractivity contribution in [3.05, 3.63) is 29.8 Å². The molecule has 0 spiro atoms. The van der Waals surface area contributed by atoms with Gasteiger partial charge in [0.2, 0.25) is 0 Å². The van der Waals surface area contributed by atoms with Crippen molar-refractivity contribution in [1.82, 2.24) is 0 Å². The molecule has 0 unspecified atom stereocenters. The summed E-state index contributed by atoms with van der Waals surface area (Å²) >= 11 is 0. The Hall–Kier alpha value is -1.31. The van der Waals surface area contributed by atoms with Gasteiger partial charge in [-0.2, -0.15) is 0 Å². The molecule has 1 N–H and O–H groups in total. The Bertz CT molecular complexity index is 327. The Kier molecular flexibility index (Phi) is 4.35. The highest BCUT2D eigenvalue weighted by atomic mass is 14.9. The van der Waals surface area contributed by atoms with Crippen molar-refractivity contribution in [2.24, 2.45) is 4.99 Å². The second-order valence-electron chi connectivity index (χ2n) is 4.26. The maximum atomic E-state index is 4.40. The fourth-order valence-electron chi connectivity index (χ4n) is 1.28. The number of rotatable bonds is 4. The molecule has 0 saturated carbocycles. The lowest BCUT2D eigenvalue weighted by molar-refractivity contribution is 0.841. The van der Waals surface area contributed by atoms with Crippen molar-refractivity contribution in [3.8, 4) is 0 Å². The highest BCUT2D eigenvalue weighted by Crippen LogP contribution is 2.14. The van der Waals surface area contributed by atoms with Crippen LogP contribution in [0.1, 0.15) is 33.3 Å². The van der Waals surface area contributed by atoms with Crippen LogP contribution in [0.2, 0.25) is 0 Å². The number of para-hydroxylation sites is 1. The van der Waals surface area contributed by atoms with E-state index < -0.39 is 0 Å². The average Bonchev–Trinajstić information content (AvgIpc) is 2.15. The van der Waals surface area contributed by atoms with Gasteiger partial charge in [-0.25, -0.2) is 0 Å². The lowest BCUT2D eigenvalue weighted by atomic mass is 10.2. The second kappa shape index (κ2) is 5.54. The number of benzene rings is 1. The summed E-state index contributed by atoms with van der Waals surface area (Å²) < 4.78 is 0. The van der Waals surface area contributed by atoms with Gasteiger partial charge in [-0.1, -0.05) is 18.2 Å². The molecule has 0 aliphatic heterocycles. The Labute approximate surface area is 92.4 Å². The highest BCUT2D eigenvalue weighted by Gasteiger charge is 2.00. The zero-order valence-electron chi connectivity index (χ0n) is 9.99. The Morgan fingerprint density at radius 2 is 1.80 bits per heavy atom. The highest BCUT2D eigenvalue weighted by molar-refractivity contribution is 5.87. The predicted octanol–water partition coefficient (Wildman–Crippen LogP) is 3.33. The number of aliphatic imine (C=N–C) groups is 1. The van der Waals surface area contributed by atoms with Gasteiger partial charge in [0.1, 0.15) is 0 Å². The van der Waals surface area contributed by atoms with Crippen LogP contribution in [0.25, 0.3) is 0 Å². The van der Waals surface area contributed by atoms with Crippen LogP contribution in [0.5, 0.6) is 0 Å². The van der Waals surface area contributed by atoms with E-state index in [9.17, 15) is 0 Å². The van der Waals surface area contributed by atoms with Crippen molar-refractivity contribution >= 4 is 11.9 Å². The zero-order chi connectivity index (χ0) is 11.3. The summed E-state index contributed by atoms with van der Waals surface area (Å²) in [6.45, 7) is 8.43. The van der Waals surface area contributed by atoms with Gasteiger partial charge in [0.25, 0.3) is 0 Å². The minimum absolute atomic E-state index is 0.345. The van der Waals surface area contributed by atoms with Crippen LogP contribution < -0.4 is 5.32 Å². The fraction of sp³-hybridized carbons (Fsp3) is 0.462. The third-order valence-electron chi connectivity index (χ3n) is 1.92. The summed E-state index contributed by atoms with van der Waals surface area (Å²) in [6.07, 6.45) is 1.94. The molecule has 2 nitrogen and oxygen atoms in total. The van der Waals surface area contributed by atoms with Crippen molar-refractivity contribution < 1.29 is 0 Å². The van der Waals surface area contributed by atoms with Crippen molar-refractivity contribution in [2.75, 3.05) is 5.32 Å². The van der Waals surface area contributed by atoms with E-state index in [1.807, 2.05) is 18.3 Å². The van der Waals surface area contributed by atoms with Gasteiger partial charge in [-0.3, -0.25) is 4.99 Å².